The Hall–Kier alpha value is -2.21. The van der Waals surface area contributed by atoms with Gasteiger partial charge in [0, 0.05) is 29.6 Å². The Morgan fingerprint density at radius 2 is 1.90 bits per heavy atom. The first kappa shape index (κ1) is 23.1. The van der Waals surface area contributed by atoms with Gasteiger partial charge in [0.1, 0.15) is 5.82 Å². The highest BCUT2D eigenvalue weighted by atomic mass is 35.5. The molecule has 3 aromatic rings. The Labute approximate surface area is 182 Å². The van der Waals surface area contributed by atoms with E-state index in [0.29, 0.717) is 41.2 Å². The molecule has 0 radical (unpaired) electrons. The second-order valence-corrected chi connectivity index (χ2v) is 7.23. The van der Waals surface area contributed by atoms with Gasteiger partial charge in [-0.2, -0.15) is 0 Å². The van der Waals surface area contributed by atoms with Gasteiger partial charge in [-0.1, -0.05) is 30.3 Å². The van der Waals surface area contributed by atoms with Gasteiger partial charge >= 0.3 is 0 Å². The molecule has 1 amide bonds. The van der Waals surface area contributed by atoms with Crippen molar-refractivity contribution < 1.29 is 9.18 Å². The van der Waals surface area contributed by atoms with Gasteiger partial charge in [-0.25, -0.2) is 9.37 Å². The monoisotopic (exact) mass is 435 g/mol. The minimum absolute atomic E-state index is 0. The maximum Gasteiger partial charge on any atom is 0.254 e. The molecule has 0 bridgehead atoms. The third-order valence-corrected chi connectivity index (χ3v) is 5.33. The van der Waals surface area contributed by atoms with Crippen LogP contribution in [0.3, 0.4) is 0 Å². The van der Waals surface area contributed by atoms with Crippen LogP contribution >= 0.6 is 24.8 Å². The van der Waals surface area contributed by atoms with E-state index in [2.05, 4.69) is 11.9 Å². The molecular weight excluding hydrogens is 412 g/mol. The van der Waals surface area contributed by atoms with Gasteiger partial charge in [0.25, 0.3) is 5.91 Å². The summed E-state index contributed by atoms with van der Waals surface area (Å²) in [7, 11) is 0. The van der Waals surface area contributed by atoms with E-state index in [-0.39, 0.29) is 42.6 Å². The summed E-state index contributed by atoms with van der Waals surface area (Å²) in [4.78, 5) is 19.8. The Kier molecular flexibility index (Phi) is 7.58. The molecule has 2 aromatic carbocycles. The minimum atomic E-state index is -0.364. The molecule has 0 spiro atoms. The number of carbonyl (C=O) groups excluding carboxylic acids is 1. The number of carbonyl (C=O) groups is 1. The third-order valence-electron chi connectivity index (χ3n) is 5.33. The zero-order chi connectivity index (χ0) is 19.0. The van der Waals surface area contributed by atoms with Crippen molar-refractivity contribution in [1.82, 2.24) is 9.88 Å². The lowest BCUT2D eigenvalue weighted by Crippen LogP contribution is -2.34. The van der Waals surface area contributed by atoms with Crippen LogP contribution < -0.4 is 5.73 Å². The molecule has 4 rings (SSSR count). The number of nitrogens with two attached hydrogens (primary N) is 1. The number of aromatic nitrogens is 1. The van der Waals surface area contributed by atoms with Crippen LogP contribution in [0.15, 0.2) is 54.6 Å². The molecule has 7 heteroatoms. The number of amides is 1. The van der Waals surface area contributed by atoms with E-state index >= 15 is 0 Å². The van der Waals surface area contributed by atoms with Crippen LogP contribution in [0.25, 0.3) is 22.2 Å². The second-order valence-electron chi connectivity index (χ2n) is 7.23. The van der Waals surface area contributed by atoms with Crippen molar-refractivity contribution in [2.45, 2.75) is 19.4 Å². The van der Waals surface area contributed by atoms with Crippen molar-refractivity contribution in [1.29, 1.82) is 0 Å². The standard InChI is InChI=1S/C22H22FN3O.2ClH/c1-14-9-15(12-24)13-26(14)22(27)19-11-20(16-5-3-2-4-6-16)25-21-10-17(23)7-8-18(19)21;;/h2-8,10-11,14-15H,9,12-13,24H2,1H3;2*1H. The highest BCUT2D eigenvalue weighted by molar-refractivity contribution is 6.07. The number of rotatable bonds is 3. The third kappa shape index (κ3) is 4.53. The largest absolute Gasteiger partial charge is 0.336 e. The Balaban J connectivity index is 0.00000150. The minimum Gasteiger partial charge on any atom is -0.336 e. The van der Waals surface area contributed by atoms with E-state index in [9.17, 15) is 9.18 Å². The van der Waals surface area contributed by atoms with Crippen LogP contribution in [0.4, 0.5) is 4.39 Å². The average molecular weight is 436 g/mol. The summed E-state index contributed by atoms with van der Waals surface area (Å²) in [6.45, 7) is 3.28. The molecule has 0 aliphatic carbocycles. The van der Waals surface area contributed by atoms with Crippen LogP contribution in [0.2, 0.25) is 0 Å². The lowest BCUT2D eigenvalue weighted by atomic mass is 10.0. The van der Waals surface area contributed by atoms with Crippen molar-refractivity contribution >= 4 is 41.6 Å². The molecule has 154 valence electrons. The fourth-order valence-electron chi connectivity index (χ4n) is 3.89. The Bertz CT molecular complexity index is 1000. The van der Waals surface area contributed by atoms with E-state index in [1.165, 1.54) is 12.1 Å². The van der Waals surface area contributed by atoms with Crippen LogP contribution in [0.1, 0.15) is 23.7 Å². The fourth-order valence-corrected chi connectivity index (χ4v) is 3.89. The maximum absolute atomic E-state index is 13.8. The summed E-state index contributed by atoms with van der Waals surface area (Å²) >= 11 is 0. The molecule has 2 unspecified atom stereocenters. The first-order chi connectivity index (χ1) is 13.1. The van der Waals surface area contributed by atoms with Crippen LogP contribution in [-0.2, 0) is 0 Å². The summed E-state index contributed by atoms with van der Waals surface area (Å²) in [6, 6.07) is 16.0. The lowest BCUT2D eigenvalue weighted by Gasteiger charge is -2.22. The van der Waals surface area contributed by atoms with E-state index in [4.69, 9.17) is 5.73 Å². The SMILES string of the molecule is CC1CC(CN)CN1C(=O)c1cc(-c2ccccc2)nc2cc(F)ccc12.Cl.Cl. The molecule has 1 aliphatic rings. The van der Waals surface area contributed by atoms with E-state index in [0.717, 1.165) is 12.0 Å². The number of hydrogen-bond acceptors (Lipinski definition) is 3. The first-order valence-electron chi connectivity index (χ1n) is 9.23. The highest BCUT2D eigenvalue weighted by Gasteiger charge is 2.33. The van der Waals surface area contributed by atoms with Crippen LogP contribution in [0, 0.1) is 11.7 Å². The van der Waals surface area contributed by atoms with Crippen molar-refractivity contribution in [3.63, 3.8) is 0 Å². The number of nitrogens with zero attached hydrogens (tertiary/aromatic N) is 2. The summed E-state index contributed by atoms with van der Waals surface area (Å²) in [6.07, 6.45) is 0.908. The molecule has 2 atom stereocenters. The predicted octanol–water partition coefficient (Wildman–Crippen LogP) is 4.69. The highest BCUT2D eigenvalue weighted by Crippen LogP contribution is 2.30. The number of likely N-dealkylation sites (tertiary alicyclic amines) is 1. The number of fused-ring (bicyclic) bond motifs is 1. The Morgan fingerprint density at radius 1 is 1.17 bits per heavy atom. The van der Waals surface area contributed by atoms with Crippen LogP contribution in [-0.4, -0.2) is 34.9 Å². The number of halogens is 3. The lowest BCUT2D eigenvalue weighted by molar-refractivity contribution is 0.0745. The van der Waals surface area contributed by atoms with Crippen molar-refractivity contribution in [2.75, 3.05) is 13.1 Å². The zero-order valence-corrected chi connectivity index (χ0v) is 17.7. The molecule has 0 saturated carbocycles. The second kappa shape index (κ2) is 9.53. The van der Waals surface area contributed by atoms with Crippen molar-refractivity contribution in [3.05, 3.63) is 66.0 Å². The topological polar surface area (TPSA) is 59.2 Å². The summed E-state index contributed by atoms with van der Waals surface area (Å²) in [5.41, 5.74) is 8.42. The van der Waals surface area contributed by atoms with Gasteiger partial charge in [0.2, 0.25) is 0 Å². The molecule has 1 fully saturated rings. The summed E-state index contributed by atoms with van der Waals surface area (Å²) < 4.78 is 13.8. The number of benzene rings is 2. The molecule has 2 heterocycles. The van der Waals surface area contributed by atoms with E-state index < -0.39 is 0 Å². The normalized spacial score (nSPS) is 18.2. The van der Waals surface area contributed by atoms with Crippen molar-refractivity contribution in [2.24, 2.45) is 11.7 Å². The quantitative estimate of drug-likeness (QED) is 0.648. The van der Waals surface area contributed by atoms with E-state index in [1.807, 2.05) is 41.3 Å². The predicted molar refractivity (Wildman–Crippen MR) is 119 cm³/mol. The number of hydrogen-bond donors (Lipinski definition) is 1. The first-order valence-corrected chi connectivity index (χ1v) is 9.23. The fraction of sp³-hybridized carbons (Fsp3) is 0.273. The van der Waals surface area contributed by atoms with Crippen molar-refractivity contribution in [3.8, 4) is 11.3 Å². The average Bonchev–Trinajstić information content (AvgIpc) is 3.07. The number of pyridine rings is 1. The van der Waals surface area contributed by atoms with Gasteiger partial charge in [0.05, 0.1) is 16.8 Å². The van der Waals surface area contributed by atoms with E-state index in [1.54, 1.807) is 6.07 Å². The smallest absolute Gasteiger partial charge is 0.254 e. The Morgan fingerprint density at radius 3 is 2.55 bits per heavy atom. The van der Waals surface area contributed by atoms with Gasteiger partial charge < -0.3 is 10.6 Å². The molecule has 2 N–H and O–H groups in total. The van der Waals surface area contributed by atoms with Gasteiger partial charge in [0.15, 0.2) is 0 Å². The molecule has 4 nitrogen and oxygen atoms in total. The van der Waals surface area contributed by atoms with Gasteiger partial charge in [-0.15, -0.1) is 24.8 Å². The molecule has 1 saturated heterocycles. The van der Waals surface area contributed by atoms with Crippen LogP contribution in [0.5, 0.6) is 0 Å². The molecule has 1 aromatic heterocycles. The zero-order valence-electron chi connectivity index (χ0n) is 16.0. The summed E-state index contributed by atoms with van der Waals surface area (Å²) in [5.74, 6) is -0.0888. The maximum atomic E-state index is 13.8. The molecule has 29 heavy (non-hydrogen) atoms. The van der Waals surface area contributed by atoms with Gasteiger partial charge in [-0.05, 0) is 44.0 Å². The summed E-state index contributed by atoms with van der Waals surface area (Å²) in [5, 5.41) is 0.671. The van der Waals surface area contributed by atoms with Gasteiger partial charge in [-0.3, -0.25) is 4.79 Å². The molecule has 1 aliphatic heterocycles. The molecular formula is C22H24Cl2FN3O.